The number of aliphatic hydroxyl groups is 1. The fourth-order valence-electron chi connectivity index (χ4n) is 2.73. The Morgan fingerprint density at radius 1 is 1.29 bits per heavy atom. The van der Waals surface area contributed by atoms with Gasteiger partial charge in [0.25, 0.3) is 0 Å². The largest absolute Gasteiger partial charge is 0.491 e. The van der Waals surface area contributed by atoms with Gasteiger partial charge in [0.2, 0.25) is 0 Å². The molecular weight excluding hydrogens is 288 g/mol. The topological polar surface area (TPSA) is 44.7 Å². The molecule has 3 unspecified atom stereocenters. The molecule has 0 saturated carbocycles. The van der Waals surface area contributed by atoms with Gasteiger partial charge >= 0.3 is 0 Å². The number of benzene rings is 1. The first-order valence-electron chi connectivity index (χ1n) is 7.64. The fourth-order valence-corrected chi connectivity index (χ4v) is 2.85. The van der Waals surface area contributed by atoms with Gasteiger partial charge in [-0.3, -0.25) is 5.43 Å². The highest BCUT2D eigenvalue weighted by atomic mass is 35.5. The molecule has 2 N–H and O–H groups in total. The van der Waals surface area contributed by atoms with Gasteiger partial charge in [-0.2, -0.15) is 0 Å². The molecule has 5 heteroatoms. The maximum absolute atomic E-state index is 10.0. The van der Waals surface area contributed by atoms with E-state index in [0.29, 0.717) is 23.7 Å². The van der Waals surface area contributed by atoms with E-state index in [2.05, 4.69) is 24.3 Å². The van der Waals surface area contributed by atoms with Crippen LogP contribution in [0.15, 0.2) is 24.3 Å². The van der Waals surface area contributed by atoms with Gasteiger partial charge in [0.1, 0.15) is 18.5 Å². The van der Waals surface area contributed by atoms with Gasteiger partial charge in [0.15, 0.2) is 0 Å². The number of hydrogen-bond acceptors (Lipinski definition) is 4. The molecule has 0 aliphatic carbocycles. The summed E-state index contributed by atoms with van der Waals surface area (Å²) < 4.78 is 5.55. The molecule has 0 aromatic heterocycles. The molecule has 1 aromatic rings. The molecule has 0 radical (unpaired) electrons. The summed E-state index contributed by atoms with van der Waals surface area (Å²) in [6.45, 7) is 5.21. The van der Waals surface area contributed by atoms with Gasteiger partial charge in [0.05, 0.1) is 0 Å². The third-order valence-electron chi connectivity index (χ3n) is 3.96. The summed E-state index contributed by atoms with van der Waals surface area (Å²) in [5.74, 6) is 0.721. The number of piperidine rings is 1. The van der Waals surface area contributed by atoms with Crippen molar-refractivity contribution in [2.24, 2.45) is 0 Å². The Balaban J connectivity index is 1.71. The summed E-state index contributed by atoms with van der Waals surface area (Å²) in [5.41, 5.74) is 3.35. The van der Waals surface area contributed by atoms with Crippen LogP contribution in [0.4, 0.5) is 0 Å². The summed E-state index contributed by atoms with van der Waals surface area (Å²) in [7, 11) is 0. The van der Waals surface area contributed by atoms with Crippen molar-refractivity contribution in [3.63, 3.8) is 0 Å². The standard InChI is InChI=1S/C16H25ClN2O2/c1-12-4-3-5-13(2)19(12)18-10-15(20)11-21-16-8-6-14(17)7-9-16/h6-9,12-13,15,18,20H,3-5,10-11H2,1-2H3. The first-order valence-corrected chi connectivity index (χ1v) is 8.02. The highest BCUT2D eigenvalue weighted by molar-refractivity contribution is 6.30. The molecular formula is C16H25ClN2O2. The van der Waals surface area contributed by atoms with E-state index in [-0.39, 0.29) is 6.61 Å². The third kappa shape index (κ3) is 5.15. The van der Waals surface area contributed by atoms with E-state index in [4.69, 9.17) is 16.3 Å². The minimum Gasteiger partial charge on any atom is -0.491 e. The molecule has 2 rings (SSSR count). The zero-order valence-electron chi connectivity index (χ0n) is 12.8. The number of nitrogens with zero attached hydrogens (tertiary/aromatic N) is 1. The van der Waals surface area contributed by atoms with E-state index in [9.17, 15) is 5.11 Å². The second kappa shape index (κ2) is 7.99. The summed E-state index contributed by atoms with van der Waals surface area (Å²) in [6, 6.07) is 8.18. The number of rotatable bonds is 6. The zero-order valence-corrected chi connectivity index (χ0v) is 13.5. The average molecular weight is 313 g/mol. The number of nitrogens with one attached hydrogen (secondary N) is 1. The minimum atomic E-state index is -0.540. The lowest BCUT2D eigenvalue weighted by molar-refractivity contribution is 0.0171. The smallest absolute Gasteiger partial charge is 0.119 e. The van der Waals surface area contributed by atoms with Crippen LogP contribution in [0.1, 0.15) is 33.1 Å². The fraction of sp³-hybridized carbons (Fsp3) is 0.625. The maximum atomic E-state index is 10.0. The predicted octanol–water partition coefficient (Wildman–Crippen LogP) is 2.85. The van der Waals surface area contributed by atoms with E-state index < -0.39 is 6.10 Å². The van der Waals surface area contributed by atoms with E-state index in [1.165, 1.54) is 19.3 Å². The van der Waals surface area contributed by atoms with Crippen LogP contribution in [-0.2, 0) is 0 Å². The molecule has 1 aliphatic heterocycles. The van der Waals surface area contributed by atoms with Gasteiger partial charge in [-0.15, -0.1) is 0 Å². The van der Waals surface area contributed by atoms with Crippen LogP contribution >= 0.6 is 11.6 Å². The normalized spacial score (nSPS) is 24.8. The number of aliphatic hydroxyl groups excluding tert-OH is 1. The first kappa shape index (κ1) is 16.6. The summed E-state index contributed by atoms with van der Waals surface area (Å²) >= 11 is 5.82. The lowest BCUT2D eigenvalue weighted by Gasteiger charge is -2.39. The Hall–Kier alpha value is -0.810. The molecule has 1 heterocycles. The first-order chi connectivity index (χ1) is 10.1. The molecule has 1 saturated heterocycles. The molecule has 118 valence electrons. The Bertz CT molecular complexity index is 417. The number of ether oxygens (including phenoxy) is 1. The highest BCUT2D eigenvalue weighted by Crippen LogP contribution is 2.20. The Kier molecular flexibility index (Phi) is 6.30. The van der Waals surface area contributed by atoms with Crippen LogP contribution in [0.3, 0.4) is 0 Å². The van der Waals surface area contributed by atoms with Crippen molar-refractivity contribution in [2.75, 3.05) is 13.2 Å². The van der Waals surface area contributed by atoms with Crippen molar-refractivity contribution in [1.29, 1.82) is 0 Å². The average Bonchev–Trinajstić information content (AvgIpc) is 2.46. The summed E-state index contributed by atoms with van der Waals surface area (Å²) in [4.78, 5) is 0. The van der Waals surface area contributed by atoms with Crippen molar-refractivity contribution in [3.8, 4) is 5.75 Å². The molecule has 21 heavy (non-hydrogen) atoms. The molecule has 1 fully saturated rings. The minimum absolute atomic E-state index is 0.269. The summed E-state index contributed by atoms with van der Waals surface area (Å²) in [5, 5.41) is 13.0. The Morgan fingerprint density at radius 2 is 1.90 bits per heavy atom. The van der Waals surface area contributed by atoms with Gasteiger partial charge in [0, 0.05) is 23.7 Å². The van der Waals surface area contributed by atoms with E-state index in [0.717, 1.165) is 5.75 Å². The Morgan fingerprint density at radius 3 is 2.52 bits per heavy atom. The second-order valence-electron chi connectivity index (χ2n) is 5.82. The Labute approximate surface area is 132 Å². The van der Waals surface area contributed by atoms with Crippen LogP contribution in [-0.4, -0.2) is 41.5 Å². The molecule has 0 spiro atoms. The molecule has 0 amide bonds. The van der Waals surface area contributed by atoms with Crippen molar-refractivity contribution in [2.45, 2.75) is 51.3 Å². The van der Waals surface area contributed by atoms with Crippen molar-refractivity contribution < 1.29 is 9.84 Å². The molecule has 1 aromatic carbocycles. The van der Waals surface area contributed by atoms with Gasteiger partial charge in [-0.25, -0.2) is 5.01 Å². The van der Waals surface area contributed by atoms with Crippen LogP contribution in [0, 0.1) is 0 Å². The van der Waals surface area contributed by atoms with Crippen LogP contribution in [0.25, 0.3) is 0 Å². The van der Waals surface area contributed by atoms with Gasteiger partial charge < -0.3 is 9.84 Å². The van der Waals surface area contributed by atoms with Crippen molar-refractivity contribution in [1.82, 2.24) is 10.4 Å². The third-order valence-corrected chi connectivity index (χ3v) is 4.21. The van der Waals surface area contributed by atoms with E-state index in [1.807, 2.05) is 0 Å². The van der Waals surface area contributed by atoms with E-state index in [1.54, 1.807) is 24.3 Å². The molecule has 0 bridgehead atoms. The number of hydrogen-bond donors (Lipinski definition) is 2. The van der Waals surface area contributed by atoms with E-state index >= 15 is 0 Å². The molecule has 3 atom stereocenters. The van der Waals surface area contributed by atoms with Crippen LogP contribution < -0.4 is 10.2 Å². The SMILES string of the molecule is CC1CCCC(C)N1NCC(O)COc1ccc(Cl)cc1. The monoisotopic (exact) mass is 312 g/mol. The second-order valence-corrected chi connectivity index (χ2v) is 6.25. The zero-order chi connectivity index (χ0) is 15.2. The van der Waals surface area contributed by atoms with Gasteiger partial charge in [-0.05, 0) is 51.0 Å². The van der Waals surface area contributed by atoms with Crippen LogP contribution in [0.2, 0.25) is 5.02 Å². The molecule has 4 nitrogen and oxygen atoms in total. The maximum Gasteiger partial charge on any atom is 0.119 e. The van der Waals surface area contributed by atoms with Gasteiger partial charge in [-0.1, -0.05) is 18.0 Å². The molecule has 1 aliphatic rings. The van der Waals surface area contributed by atoms with Crippen molar-refractivity contribution in [3.05, 3.63) is 29.3 Å². The lowest BCUT2D eigenvalue weighted by atomic mass is 10.00. The lowest BCUT2D eigenvalue weighted by Crippen LogP contribution is -2.54. The number of halogens is 1. The van der Waals surface area contributed by atoms with Crippen molar-refractivity contribution >= 4 is 11.6 Å². The highest BCUT2D eigenvalue weighted by Gasteiger charge is 2.24. The predicted molar refractivity (Wildman–Crippen MR) is 85.6 cm³/mol. The van der Waals surface area contributed by atoms with Crippen LogP contribution in [0.5, 0.6) is 5.75 Å². The number of hydrazine groups is 1. The quantitative estimate of drug-likeness (QED) is 0.848. The summed E-state index contributed by atoms with van der Waals surface area (Å²) in [6.07, 6.45) is 3.15.